The molecule has 2 heterocycles. The minimum atomic E-state index is 0.786. The summed E-state index contributed by atoms with van der Waals surface area (Å²) in [5.41, 5.74) is 2.69. The van der Waals surface area contributed by atoms with Gasteiger partial charge in [0.1, 0.15) is 0 Å². The van der Waals surface area contributed by atoms with Crippen LogP contribution in [0.15, 0.2) is 46.8 Å². The number of hydrogen-bond donors (Lipinski definition) is 2. The molecule has 2 aromatic rings. The summed E-state index contributed by atoms with van der Waals surface area (Å²) in [5, 5.41) is 8.83. The van der Waals surface area contributed by atoms with Crippen molar-refractivity contribution in [1.82, 2.24) is 15.5 Å². The van der Waals surface area contributed by atoms with Gasteiger partial charge in [0.05, 0.1) is 6.54 Å². The van der Waals surface area contributed by atoms with Crippen molar-refractivity contribution in [3.8, 4) is 0 Å². The maximum atomic E-state index is 4.29. The molecule has 1 saturated heterocycles. The lowest BCUT2D eigenvalue weighted by Gasteiger charge is -2.26. The van der Waals surface area contributed by atoms with Gasteiger partial charge in [-0.1, -0.05) is 36.8 Å². The molecule has 1 aliphatic heterocycles. The van der Waals surface area contributed by atoms with Crippen LogP contribution >= 0.6 is 11.3 Å². The highest BCUT2D eigenvalue weighted by Gasteiger charge is 2.10. The number of aliphatic imine (C=N–C) groups is 1. The van der Waals surface area contributed by atoms with E-state index in [0.717, 1.165) is 25.6 Å². The Morgan fingerprint density at radius 2 is 1.72 bits per heavy atom. The van der Waals surface area contributed by atoms with E-state index in [9.17, 15) is 0 Å². The molecule has 2 N–H and O–H groups in total. The number of guanidine groups is 1. The molecule has 1 aromatic carbocycles. The third kappa shape index (κ3) is 5.87. The average Bonchev–Trinajstić information content (AvgIpc) is 3.18. The number of rotatable bonds is 6. The zero-order valence-corrected chi connectivity index (χ0v) is 15.8. The molecular formula is C20H28N4S. The predicted molar refractivity (Wildman–Crippen MR) is 107 cm³/mol. The molecule has 0 saturated carbocycles. The maximum absolute atomic E-state index is 4.29. The van der Waals surface area contributed by atoms with Crippen molar-refractivity contribution in [2.24, 2.45) is 4.99 Å². The van der Waals surface area contributed by atoms with Crippen LogP contribution in [0.4, 0.5) is 0 Å². The molecule has 134 valence electrons. The zero-order chi connectivity index (χ0) is 17.3. The van der Waals surface area contributed by atoms with E-state index < -0.39 is 0 Å². The average molecular weight is 357 g/mol. The van der Waals surface area contributed by atoms with Crippen LogP contribution in [0, 0.1) is 0 Å². The minimum Gasteiger partial charge on any atom is -0.352 e. The summed E-state index contributed by atoms with van der Waals surface area (Å²) >= 11 is 1.76. The highest BCUT2D eigenvalue weighted by atomic mass is 32.1. The lowest BCUT2D eigenvalue weighted by molar-refractivity contribution is 0.221. The Labute approximate surface area is 155 Å². The number of likely N-dealkylation sites (tertiary alicyclic amines) is 1. The zero-order valence-electron chi connectivity index (χ0n) is 15.0. The molecule has 5 heteroatoms. The van der Waals surface area contributed by atoms with Crippen LogP contribution in [0.3, 0.4) is 0 Å². The normalized spacial score (nSPS) is 16.0. The van der Waals surface area contributed by atoms with Gasteiger partial charge in [0, 0.05) is 25.0 Å². The second kappa shape index (κ2) is 9.59. The van der Waals surface area contributed by atoms with E-state index >= 15 is 0 Å². The van der Waals surface area contributed by atoms with Crippen molar-refractivity contribution in [1.29, 1.82) is 0 Å². The first kappa shape index (κ1) is 18.0. The third-order valence-corrected chi connectivity index (χ3v) is 5.45. The number of nitrogens with one attached hydrogen (secondary N) is 2. The topological polar surface area (TPSA) is 39.7 Å². The lowest BCUT2D eigenvalue weighted by atomic mass is 10.1. The summed E-state index contributed by atoms with van der Waals surface area (Å²) < 4.78 is 0. The quantitative estimate of drug-likeness (QED) is 0.614. The molecule has 4 nitrogen and oxygen atoms in total. The van der Waals surface area contributed by atoms with E-state index in [1.165, 1.54) is 48.4 Å². The van der Waals surface area contributed by atoms with Crippen molar-refractivity contribution >= 4 is 17.3 Å². The van der Waals surface area contributed by atoms with Crippen LogP contribution in [0.25, 0.3) is 0 Å². The van der Waals surface area contributed by atoms with E-state index in [2.05, 4.69) is 62.3 Å². The largest absolute Gasteiger partial charge is 0.352 e. The number of nitrogens with zero attached hydrogens (tertiary/aromatic N) is 2. The van der Waals surface area contributed by atoms with E-state index in [-0.39, 0.29) is 0 Å². The second-order valence-electron chi connectivity index (χ2n) is 6.51. The summed E-state index contributed by atoms with van der Waals surface area (Å²) in [6.45, 7) is 5.17. The summed E-state index contributed by atoms with van der Waals surface area (Å²) in [4.78, 5) is 8.16. The van der Waals surface area contributed by atoms with Crippen molar-refractivity contribution in [2.45, 2.75) is 38.9 Å². The first-order chi connectivity index (χ1) is 12.3. The fourth-order valence-corrected chi connectivity index (χ4v) is 3.77. The minimum absolute atomic E-state index is 0.786. The summed E-state index contributed by atoms with van der Waals surface area (Å²) in [7, 11) is 1.81. The SMILES string of the molecule is CN=C(NCc1ccc(CN2CCCCC2)cc1)NCc1cccs1. The number of thiophene rings is 1. The number of hydrogen-bond acceptors (Lipinski definition) is 3. The van der Waals surface area contributed by atoms with Gasteiger partial charge in [0.25, 0.3) is 0 Å². The Morgan fingerprint density at radius 3 is 2.40 bits per heavy atom. The van der Waals surface area contributed by atoms with Crippen LogP contribution in [-0.2, 0) is 19.6 Å². The fourth-order valence-electron chi connectivity index (χ4n) is 3.13. The molecular weight excluding hydrogens is 328 g/mol. The van der Waals surface area contributed by atoms with E-state index in [1.54, 1.807) is 11.3 Å². The van der Waals surface area contributed by atoms with Gasteiger partial charge >= 0.3 is 0 Å². The van der Waals surface area contributed by atoms with E-state index in [4.69, 9.17) is 0 Å². The van der Waals surface area contributed by atoms with Crippen LogP contribution in [-0.4, -0.2) is 31.0 Å². The van der Waals surface area contributed by atoms with E-state index in [0.29, 0.717) is 0 Å². The Hall–Kier alpha value is -1.85. The highest BCUT2D eigenvalue weighted by molar-refractivity contribution is 7.09. The van der Waals surface area contributed by atoms with Crippen molar-refractivity contribution in [2.75, 3.05) is 20.1 Å². The van der Waals surface area contributed by atoms with Gasteiger partial charge in [0.15, 0.2) is 5.96 Å². The molecule has 0 aliphatic carbocycles. The predicted octanol–water partition coefficient (Wildman–Crippen LogP) is 3.60. The molecule has 0 amide bonds. The summed E-state index contributed by atoms with van der Waals surface area (Å²) in [6, 6.07) is 13.2. The Bertz CT molecular complexity index is 643. The van der Waals surface area contributed by atoms with Gasteiger partial charge in [0.2, 0.25) is 0 Å². The van der Waals surface area contributed by atoms with Gasteiger partial charge in [-0.3, -0.25) is 9.89 Å². The molecule has 0 radical (unpaired) electrons. The third-order valence-electron chi connectivity index (χ3n) is 4.57. The van der Waals surface area contributed by atoms with Crippen LogP contribution in [0.5, 0.6) is 0 Å². The standard InChI is InChI=1S/C20H28N4S/c1-21-20(23-15-19-6-5-13-25-19)22-14-17-7-9-18(10-8-17)16-24-11-3-2-4-12-24/h5-10,13H,2-4,11-12,14-16H2,1H3,(H2,21,22,23). The number of piperidine rings is 1. The Balaban J connectivity index is 1.44. The molecule has 1 fully saturated rings. The van der Waals surface area contributed by atoms with Crippen LogP contribution in [0.2, 0.25) is 0 Å². The van der Waals surface area contributed by atoms with Gasteiger partial charge in [-0.15, -0.1) is 11.3 Å². The number of benzene rings is 1. The summed E-state index contributed by atoms with van der Waals surface area (Å²) in [5.74, 6) is 0.839. The molecule has 0 spiro atoms. The van der Waals surface area contributed by atoms with Gasteiger partial charge in [-0.25, -0.2) is 0 Å². The second-order valence-corrected chi connectivity index (χ2v) is 7.54. The van der Waals surface area contributed by atoms with Crippen LogP contribution in [0.1, 0.15) is 35.3 Å². The van der Waals surface area contributed by atoms with Gasteiger partial charge in [-0.2, -0.15) is 0 Å². The lowest BCUT2D eigenvalue weighted by Crippen LogP contribution is -2.36. The molecule has 3 rings (SSSR count). The van der Waals surface area contributed by atoms with Crippen LogP contribution < -0.4 is 10.6 Å². The smallest absolute Gasteiger partial charge is 0.191 e. The van der Waals surface area contributed by atoms with Gasteiger partial charge < -0.3 is 10.6 Å². The molecule has 1 aliphatic rings. The highest BCUT2D eigenvalue weighted by Crippen LogP contribution is 2.13. The maximum Gasteiger partial charge on any atom is 0.191 e. The van der Waals surface area contributed by atoms with E-state index in [1.807, 2.05) is 7.05 Å². The molecule has 1 aromatic heterocycles. The van der Waals surface area contributed by atoms with Crippen molar-refractivity contribution < 1.29 is 0 Å². The monoisotopic (exact) mass is 356 g/mol. The summed E-state index contributed by atoms with van der Waals surface area (Å²) in [6.07, 6.45) is 4.09. The van der Waals surface area contributed by atoms with Crippen molar-refractivity contribution in [3.05, 3.63) is 57.8 Å². The molecule has 0 unspecified atom stereocenters. The first-order valence-electron chi connectivity index (χ1n) is 9.10. The molecule has 25 heavy (non-hydrogen) atoms. The first-order valence-corrected chi connectivity index (χ1v) is 9.98. The van der Waals surface area contributed by atoms with Crippen molar-refractivity contribution in [3.63, 3.8) is 0 Å². The fraction of sp³-hybridized carbons (Fsp3) is 0.450. The van der Waals surface area contributed by atoms with Gasteiger partial charge in [-0.05, 0) is 48.5 Å². The Kier molecular flexibility index (Phi) is 6.89. The Morgan fingerprint density at radius 1 is 1.00 bits per heavy atom. The molecule has 0 bridgehead atoms. The molecule has 0 atom stereocenters.